The van der Waals surface area contributed by atoms with Gasteiger partial charge in [0.1, 0.15) is 5.01 Å². The number of carbonyl (C=O) groups excluding carboxylic acids is 1. The molecule has 1 heterocycles. The number of carbonyl (C=O) groups is 1. The minimum atomic E-state index is -3.20. The molecule has 1 amide bonds. The van der Waals surface area contributed by atoms with Crippen LogP contribution in [0.15, 0.2) is 36.4 Å². The first-order chi connectivity index (χ1) is 13.3. The van der Waals surface area contributed by atoms with Crippen LogP contribution in [0.5, 0.6) is 11.5 Å². The van der Waals surface area contributed by atoms with Gasteiger partial charge in [-0.05, 0) is 35.9 Å². The number of hydrogen-bond acceptors (Lipinski definition) is 5. The molecule has 0 bridgehead atoms. The number of fused-ring (bicyclic) bond motifs is 1. The van der Waals surface area contributed by atoms with Crippen molar-refractivity contribution in [1.29, 1.82) is 0 Å². The zero-order chi connectivity index (χ0) is 20.3. The Morgan fingerprint density at radius 1 is 1.04 bits per heavy atom. The maximum absolute atomic E-state index is 12.5. The SMILES string of the molecule is NC(=O)c1cccc2sc(/C=C/c3ccc(OC(F)F)c(OC(F)F)c3)nc12. The first-order valence-electron chi connectivity index (χ1n) is 7.74. The Morgan fingerprint density at radius 3 is 2.43 bits per heavy atom. The molecular formula is C18H12F4N2O3S. The van der Waals surface area contributed by atoms with Gasteiger partial charge in [0.25, 0.3) is 5.91 Å². The minimum absolute atomic E-state index is 0.287. The molecule has 2 N–H and O–H groups in total. The van der Waals surface area contributed by atoms with Crippen LogP contribution < -0.4 is 15.2 Å². The Balaban J connectivity index is 1.90. The second-order valence-electron chi connectivity index (χ2n) is 5.37. The summed E-state index contributed by atoms with van der Waals surface area (Å²) in [4.78, 5) is 15.8. The summed E-state index contributed by atoms with van der Waals surface area (Å²) < 4.78 is 58.9. The predicted octanol–water partition coefficient (Wildman–Crippen LogP) is 4.77. The first-order valence-corrected chi connectivity index (χ1v) is 8.56. The number of para-hydroxylation sites is 1. The zero-order valence-electron chi connectivity index (χ0n) is 13.9. The third-order valence-corrected chi connectivity index (χ3v) is 4.51. The molecule has 0 atom stereocenters. The van der Waals surface area contributed by atoms with Crippen molar-refractivity contribution in [3.8, 4) is 11.5 Å². The average molecular weight is 412 g/mol. The number of benzene rings is 2. The Labute approximate surface area is 160 Å². The van der Waals surface area contributed by atoms with Crippen LogP contribution in [-0.2, 0) is 0 Å². The van der Waals surface area contributed by atoms with Gasteiger partial charge in [-0.25, -0.2) is 4.98 Å². The van der Waals surface area contributed by atoms with Crippen LogP contribution in [0.3, 0.4) is 0 Å². The number of halogens is 4. The van der Waals surface area contributed by atoms with Gasteiger partial charge in [0, 0.05) is 0 Å². The van der Waals surface area contributed by atoms with Crippen molar-refractivity contribution < 1.29 is 31.8 Å². The van der Waals surface area contributed by atoms with Crippen LogP contribution in [0.25, 0.3) is 22.4 Å². The molecule has 146 valence electrons. The van der Waals surface area contributed by atoms with E-state index in [1.165, 1.54) is 23.5 Å². The second kappa shape index (κ2) is 8.26. The average Bonchev–Trinajstić information content (AvgIpc) is 3.03. The van der Waals surface area contributed by atoms with Crippen LogP contribution in [-0.4, -0.2) is 24.1 Å². The fourth-order valence-corrected chi connectivity index (χ4v) is 3.31. The standard InChI is InChI=1S/C18H12F4N2O3S/c19-17(20)26-11-6-4-9(8-12(11)27-18(21)22)5-7-14-24-15-10(16(23)25)2-1-3-13(15)28-14/h1-8,17-18H,(H2,23,25)/b7-5+. The molecule has 0 saturated heterocycles. The highest BCUT2D eigenvalue weighted by atomic mass is 32.1. The number of ether oxygens (including phenoxy) is 2. The molecule has 28 heavy (non-hydrogen) atoms. The van der Waals surface area contributed by atoms with Crippen molar-refractivity contribution in [2.75, 3.05) is 0 Å². The van der Waals surface area contributed by atoms with E-state index < -0.39 is 30.6 Å². The van der Waals surface area contributed by atoms with Gasteiger partial charge < -0.3 is 15.2 Å². The number of nitrogens with zero attached hydrogens (tertiary/aromatic N) is 1. The third-order valence-electron chi connectivity index (χ3n) is 3.52. The van der Waals surface area contributed by atoms with Crippen LogP contribution in [0, 0.1) is 0 Å². The largest absolute Gasteiger partial charge is 0.431 e. The number of aromatic nitrogens is 1. The molecule has 3 rings (SSSR count). The summed E-state index contributed by atoms with van der Waals surface area (Å²) >= 11 is 1.29. The summed E-state index contributed by atoms with van der Waals surface area (Å²) in [5.74, 6) is -1.62. The van der Waals surface area contributed by atoms with Crippen molar-refractivity contribution in [3.05, 3.63) is 52.5 Å². The lowest BCUT2D eigenvalue weighted by Crippen LogP contribution is -2.11. The van der Waals surface area contributed by atoms with E-state index in [9.17, 15) is 22.4 Å². The van der Waals surface area contributed by atoms with E-state index in [1.807, 2.05) is 0 Å². The lowest BCUT2D eigenvalue weighted by Gasteiger charge is -2.12. The topological polar surface area (TPSA) is 74.4 Å². The van der Waals surface area contributed by atoms with Crippen molar-refractivity contribution >= 4 is 39.6 Å². The zero-order valence-corrected chi connectivity index (χ0v) is 14.8. The van der Waals surface area contributed by atoms with Crippen LogP contribution in [0.2, 0.25) is 0 Å². The number of amides is 1. The summed E-state index contributed by atoms with van der Waals surface area (Å²) in [5, 5.41) is 0.535. The molecule has 0 aliphatic heterocycles. The first kappa shape index (κ1) is 19.6. The Morgan fingerprint density at radius 2 is 1.75 bits per heavy atom. The van der Waals surface area contributed by atoms with Crippen LogP contribution in [0.4, 0.5) is 17.6 Å². The number of hydrogen-bond donors (Lipinski definition) is 1. The van der Waals surface area contributed by atoms with Gasteiger partial charge in [-0.3, -0.25) is 4.79 Å². The second-order valence-corrected chi connectivity index (χ2v) is 6.43. The Kier molecular flexibility index (Phi) is 5.78. The van der Waals surface area contributed by atoms with Crippen molar-refractivity contribution in [2.45, 2.75) is 13.2 Å². The van der Waals surface area contributed by atoms with Gasteiger partial charge in [0.2, 0.25) is 0 Å². The molecule has 0 aliphatic rings. The normalized spacial score (nSPS) is 11.6. The van der Waals surface area contributed by atoms with Gasteiger partial charge in [-0.2, -0.15) is 17.6 Å². The van der Waals surface area contributed by atoms with Gasteiger partial charge in [-0.1, -0.05) is 18.2 Å². The van der Waals surface area contributed by atoms with E-state index in [2.05, 4.69) is 14.5 Å². The van der Waals surface area contributed by atoms with Crippen LogP contribution >= 0.6 is 11.3 Å². The highest BCUT2D eigenvalue weighted by molar-refractivity contribution is 7.19. The van der Waals surface area contributed by atoms with Gasteiger partial charge in [-0.15, -0.1) is 11.3 Å². The molecule has 0 spiro atoms. The van der Waals surface area contributed by atoms with Gasteiger partial charge in [0.05, 0.1) is 15.8 Å². The van der Waals surface area contributed by atoms with Gasteiger partial charge >= 0.3 is 13.2 Å². The monoisotopic (exact) mass is 412 g/mol. The molecule has 0 radical (unpaired) electrons. The summed E-state index contributed by atoms with van der Waals surface area (Å²) in [6, 6.07) is 8.67. The van der Waals surface area contributed by atoms with E-state index in [1.54, 1.807) is 24.3 Å². The van der Waals surface area contributed by atoms with E-state index in [-0.39, 0.29) is 5.56 Å². The summed E-state index contributed by atoms with van der Waals surface area (Å²) in [6.07, 6.45) is 3.12. The lowest BCUT2D eigenvalue weighted by atomic mass is 10.2. The molecule has 5 nitrogen and oxygen atoms in total. The quantitative estimate of drug-likeness (QED) is 0.568. The smallest absolute Gasteiger partial charge is 0.387 e. The van der Waals surface area contributed by atoms with Crippen molar-refractivity contribution in [2.24, 2.45) is 5.73 Å². The van der Waals surface area contributed by atoms with E-state index in [0.717, 1.165) is 16.8 Å². The molecule has 1 aromatic heterocycles. The lowest BCUT2D eigenvalue weighted by molar-refractivity contribution is -0.0692. The van der Waals surface area contributed by atoms with Crippen molar-refractivity contribution in [3.63, 3.8) is 0 Å². The molecule has 0 unspecified atom stereocenters. The Bertz CT molecular complexity index is 1040. The highest BCUT2D eigenvalue weighted by Crippen LogP contribution is 2.32. The molecule has 2 aromatic carbocycles. The van der Waals surface area contributed by atoms with Crippen LogP contribution in [0.1, 0.15) is 20.9 Å². The molecule has 0 aliphatic carbocycles. The van der Waals surface area contributed by atoms with Crippen molar-refractivity contribution in [1.82, 2.24) is 4.98 Å². The summed E-state index contributed by atoms with van der Waals surface area (Å²) in [7, 11) is 0. The number of thiazole rings is 1. The Hall–Kier alpha value is -3.14. The number of nitrogens with two attached hydrogens (primary N) is 1. The molecular weight excluding hydrogens is 400 g/mol. The van der Waals surface area contributed by atoms with E-state index in [0.29, 0.717) is 16.1 Å². The summed E-state index contributed by atoms with van der Waals surface area (Å²) in [6.45, 7) is -6.38. The molecule has 3 aromatic rings. The number of alkyl halides is 4. The molecule has 0 saturated carbocycles. The molecule has 0 fully saturated rings. The number of primary amides is 1. The van der Waals surface area contributed by atoms with Gasteiger partial charge in [0.15, 0.2) is 11.5 Å². The molecule has 10 heteroatoms. The third kappa shape index (κ3) is 4.58. The minimum Gasteiger partial charge on any atom is -0.431 e. The van der Waals surface area contributed by atoms with E-state index in [4.69, 9.17) is 5.73 Å². The number of rotatable bonds is 7. The maximum Gasteiger partial charge on any atom is 0.387 e. The maximum atomic E-state index is 12.5. The fourth-order valence-electron chi connectivity index (χ4n) is 2.41. The summed E-state index contributed by atoms with van der Waals surface area (Å²) in [5.41, 5.74) is 6.47. The fraction of sp³-hybridized carbons (Fsp3) is 0.111. The predicted molar refractivity (Wildman–Crippen MR) is 96.8 cm³/mol. The van der Waals surface area contributed by atoms with E-state index >= 15 is 0 Å². The highest BCUT2D eigenvalue weighted by Gasteiger charge is 2.15.